The van der Waals surface area contributed by atoms with Crippen LogP contribution < -0.4 is 5.32 Å². The zero-order valence-electron chi connectivity index (χ0n) is 22.7. The molecule has 3 heterocycles. The highest BCUT2D eigenvalue weighted by Gasteiger charge is 2.42. The minimum Gasteiger partial charge on any atom is -0.463 e. The number of carbonyl (C=O) groups excluding carboxylic acids is 2. The number of nitrogens with one attached hydrogen (secondary N) is 1. The van der Waals surface area contributed by atoms with Crippen molar-refractivity contribution < 1.29 is 19.1 Å². The summed E-state index contributed by atoms with van der Waals surface area (Å²) < 4.78 is 11.3. The van der Waals surface area contributed by atoms with E-state index in [1.54, 1.807) is 6.92 Å². The second-order valence-electron chi connectivity index (χ2n) is 10.2. The molecule has 1 amide bonds. The van der Waals surface area contributed by atoms with E-state index < -0.39 is 12.0 Å². The SMILES string of the molecule is CCOC(=O)C1=C(c2ccccc2)N=C2SC=C(CC(=O)NCC3CCCO3)N2C1c1ccc(C(C)C)cc1. The Kier molecular flexibility index (Phi) is 8.53. The summed E-state index contributed by atoms with van der Waals surface area (Å²) >= 11 is 1.47. The van der Waals surface area contributed by atoms with E-state index in [1.807, 2.05) is 40.6 Å². The lowest BCUT2D eigenvalue weighted by molar-refractivity contribution is -0.139. The van der Waals surface area contributed by atoms with Crippen molar-refractivity contribution in [2.24, 2.45) is 4.99 Å². The van der Waals surface area contributed by atoms with Crippen molar-refractivity contribution >= 4 is 34.5 Å². The fourth-order valence-electron chi connectivity index (χ4n) is 5.13. The second-order valence-corrected chi connectivity index (χ2v) is 11.0. The van der Waals surface area contributed by atoms with Crippen molar-refractivity contribution in [1.82, 2.24) is 10.2 Å². The summed E-state index contributed by atoms with van der Waals surface area (Å²) in [5.41, 5.74) is 4.88. The highest BCUT2D eigenvalue weighted by Crippen LogP contribution is 2.47. The summed E-state index contributed by atoms with van der Waals surface area (Å²) in [5, 5.41) is 5.73. The molecule has 2 unspecified atom stereocenters. The minimum absolute atomic E-state index is 0.0759. The van der Waals surface area contributed by atoms with Gasteiger partial charge in [-0.25, -0.2) is 9.79 Å². The fourth-order valence-corrected chi connectivity index (χ4v) is 6.05. The molecule has 1 N–H and O–H groups in total. The van der Waals surface area contributed by atoms with Gasteiger partial charge in [0.05, 0.1) is 36.4 Å². The maximum atomic E-state index is 13.6. The molecule has 8 heteroatoms. The van der Waals surface area contributed by atoms with Crippen LogP contribution in [0.2, 0.25) is 0 Å². The number of thioether (sulfide) groups is 1. The molecule has 0 bridgehead atoms. The van der Waals surface area contributed by atoms with Crippen LogP contribution in [0.15, 0.2) is 76.3 Å². The largest absolute Gasteiger partial charge is 0.463 e. The Morgan fingerprint density at radius 2 is 1.92 bits per heavy atom. The topological polar surface area (TPSA) is 80.2 Å². The second kappa shape index (κ2) is 12.2. The first-order valence-corrected chi connectivity index (χ1v) is 14.5. The van der Waals surface area contributed by atoms with E-state index in [1.165, 1.54) is 17.3 Å². The molecule has 39 heavy (non-hydrogen) atoms. The Bertz CT molecular complexity index is 1290. The van der Waals surface area contributed by atoms with Gasteiger partial charge in [0.1, 0.15) is 0 Å². The summed E-state index contributed by atoms with van der Waals surface area (Å²) in [6, 6.07) is 17.6. The van der Waals surface area contributed by atoms with Crippen molar-refractivity contribution in [2.45, 2.75) is 58.1 Å². The number of nitrogens with zero attached hydrogens (tertiary/aromatic N) is 2. The van der Waals surface area contributed by atoms with E-state index in [2.05, 4.69) is 43.4 Å². The lowest BCUT2D eigenvalue weighted by Crippen LogP contribution is -2.38. The number of amidine groups is 1. The van der Waals surface area contributed by atoms with Crippen LogP contribution in [0.3, 0.4) is 0 Å². The maximum absolute atomic E-state index is 13.6. The molecule has 0 radical (unpaired) electrons. The van der Waals surface area contributed by atoms with Crippen molar-refractivity contribution in [1.29, 1.82) is 0 Å². The van der Waals surface area contributed by atoms with Crippen LogP contribution in [0.25, 0.3) is 5.70 Å². The number of carbonyl (C=O) groups is 2. The Morgan fingerprint density at radius 3 is 2.59 bits per heavy atom. The first-order valence-electron chi connectivity index (χ1n) is 13.6. The van der Waals surface area contributed by atoms with Gasteiger partial charge < -0.3 is 19.7 Å². The highest BCUT2D eigenvalue weighted by atomic mass is 32.2. The van der Waals surface area contributed by atoms with Gasteiger partial charge in [0.25, 0.3) is 0 Å². The molecule has 2 aromatic rings. The number of fused-ring (bicyclic) bond motifs is 1. The molecule has 2 aromatic carbocycles. The predicted molar refractivity (Wildman–Crippen MR) is 155 cm³/mol. The van der Waals surface area contributed by atoms with Crippen molar-refractivity contribution in [3.05, 3.63) is 88.0 Å². The molecule has 3 aliphatic heterocycles. The zero-order valence-corrected chi connectivity index (χ0v) is 23.5. The molecule has 0 aliphatic carbocycles. The number of amides is 1. The normalized spacial score (nSPS) is 20.6. The number of ether oxygens (including phenoxy) is 2. The third-order valence-electron chi connectivity index (χ3n) is 7.16. The molecule has 0 saturated carbocycles. The quantitative estimate of drug-likeness (QED) is 0.403. The summed E-state index contributed by atoms with van der Waals surface area (Å²) in [4.78, 5) is 33.6. The van der Waals surface area contributed by atoms with E-state index in [-0.39, 0.29) is 25.0 Å². The van der Waals surface area contributed by atoms with Crippen molar-refractivity contribution in [2.75, 3.05) is 19.8 Å². The summed E-state index contributed by atoms with van der Waals surface area (Å²) in [6.45, 7) is 7.63. The van der Waals surface area contributed by atoms with Crippen molar-refractivity contribution in [3.8, 4) is 0 Å². The lowest BCUT2D eigenvalue weighted by atomic mass is 9.90. The summed E-state index contributed by atoms with van der Waals surface area (Å²) in [7, 11) is 0. The molecule has 2 atom stereocenters. The summed E-state index contributed by atoms with van der Waals surface area (Å²) in [6.07, 6.45) is 2.24. The Labute approximate surface area is 234 Å². The molecule has 7 nitrogen and oxygen atoms in total. The molecule has 3 aliphatic rings. The molecule has 5 rings (SSSR count). The third-order valence-corrected chi connectivity index (χ3v) is 8.05. The van der Waals surface area contributed by atoms with E-state index in [0.717, 1.165) is 41.4 Å². The number of aliphatic imine (C=N–C) groups is 1. The van der Waals surface area contributed by atoms with Gasteiger partial charge in [0.15, 0.2) is 5.17 Å². The molecule has 0 aromatic heterocycles. The van der Waals surface area contributed by atoms with Gasteiger partial charge in [-0.2, -0.15) is 0 Å². The molecule has 0 spiro atoms. The lowest BCUT2D eigenvalue weighted by Gasteiger charge is -2.37. The molecular formula is C31H35N3O4S. The predicted octanol–water partition coefficient (Wildman–Crippen LogP) is 5.77. The number of esters is 1. The van der Waals surface area contributed by atoms with Crippen molar-refractivity contribution in [3.63, 3.8) is 0 Å². The van der Waals surface area contributed by atoms with Crippen LogP contribution in [-0.2, 0) is 19.1 Å². The van der Waals surface area contributed by atoms with Gasteiger partial charge >= 0.3 is 5.97 Å². The number of hydrogen-bond acceptors (Lipinski definition) is 7. The summed E-state index contributed by atoms with van der Waals surface area (Å²) in [5.74, 6) is -0.105. The number of rotatable bonds is 9. The van der Waals surface area contributed by atoms with Crippen LogP contribution in [0.5, 0.6) is 0 Å². The van der Waals surface area contributed by atoms with E-state index in [9.17, 15) is 9.59 Å². The monoisotopic (exact) mass is 545 g/mol. The zero-order chi connectivity index (χ0) is 27.4. The van der Waals surface area contributed by atoms with Gasteiger partial charge in [-0.05, 0) is 42.2 Å². The molecular weight excluding hydrogens is 510 g/mol. The van der Waals surface area contributed by atoms with E-state index in [0.29, 0.717) is 23.7 Å². The Morgan fingerprint density at radius 1 is 1.15 bits per heavy atom. The first-order chi connectivity index (χ1) is 19.0. The van der Waals surface area contributed by atoms with Gasteiger partial charge in [0, 0.05) is 24.4 Å². The highest BCUT2D eigenvalue weighted by molar-refractivity contribution is 8.16. The van der Waals surface area contributed by atoms with Gasteiger partial charge in [-0.3, -0.25) is 4.79 Å². The van der Waals surface area contributed by atoms with Gasteiger partial charge in [-0.1, -0.05) is 80.2 Å². The van der Waals surface area contributed by atoms with E-state index >= 15 is 0 Å². The van der Waals surface area contributed by atoms with Crippen LogP contribution in [-0.4, -0.2) is 47.8 Å². The third kappa shape index (κ3) is 5.97. The van der Waals surface area contributed by atoms with E-state index in [4.69, 9.17) is 14.5 Å². The standard InChI is InChI=1S/C31H35N3O4S/c1-4-37-30(36)27-28(22-9-6-5-7-10-22)33-31-34(29(27)23-14-12-21(13-15-23)20(2)3)24(19-39-31)17-26(35)32-18-25-11-8-16-38-25/h5-7,9-10,12-15,19-20,25,29H,4,8,11,16-18H2,1-3H3,(H,32,35). The molecule has 1 fully saturated rings. The van der Waals surface area contributed by atoms with Gasteiger partial charge in [0.2, 0.25) is 5.91 Å². The first kappa shape index (κ1) is 27.2. The Balaban J connectivity index is 1.53. The smallest absolute Gasteiger partial charge is 0.338 e. The maximum Gasteiger partial charge on any atom is 0.338 e. The molecule has 1 saturated heterocycles. The van der Waals surface area contributed by atoms with Crippen LogP contribution in [0, 0.1) is 0 Å². The fraction of sp³-hybridized carbons (Fsp3) is 0.387. The molecule has 204 valence electrons. The van der Waals surface area contributed by atoms with Gasteiger partial charge in [-0.15, -0.1) is 0 Å². The van der Waals surface area contributed by atoms with Crippen LogP contribution in [0.1, 0.15) is 68.7 Å². The number of benzene rings is 2. The minimum atomic E-state index is -0.486. The average molecular weight is 546 g/mol. The number of hydrogen-bond donors (Lipinski definition) is 1. The average Bonchev–Trinajstić information content (AvgIpc) is 3.62. The van der Waals surface area contributed by atoms with Crippen LogP contribution in [0.4, 0.5) is 0 Å². The van der Waals surface area contributed by atoms with Crippen LogP contribution >= 0.6 is 11.8 Å². The Hall–Kier alpha value is -3.36.